The van der Waals surface area contributed by atoms with Crippen molar-refractivity contribution >= 4 is 41.4 Å². The lowest BCUT2D eigenvalue weighted by molar-refractivity contribution is -0.143. The maximum Gasteiger partial charge on any atom is 0.408 e. The number of amides is 3. The minimum Gasteiger partial charge on any atom is -0.480 e. The molecule has 42 heavy (non-hydrogen) atoms. The van der Waals surface area contributed by atoms with Gasteiger partial charge in [-0.1, -0.05) is 0 Å². The number of hydrogen-bond donors (Lipinski definition) is 5. The minimum absolute atomic E-state index is 0.00943. The van der Waals surface area contributed by atoms with Crippen LogP contribution in [0, 0.1) is 11.8 Å². The van der Waals surface area contributed by atoms with Gasteiger partial charge in [-0.05, 0) is 72.1 Å². The number of Topliss-reactive ketones (excluding diaryl/α,β-unsaturated/α-hetero) is 2. The molecule has 0 bridgehead atoms. The van der Waals surface area contributed by atoms with Crippen molar-refractivity contribution in [2.24, 2.45) is 17.6 Å². The molecule has 0 radical (unpaired) electrons. The number of carboxylic acid groups (broad SMARTS) is 1. The van der Waals surface area contributed by atoms with Crippen molar-refractivity contribution in [3.8, 4) is 0 Å². The SMILES string of the molecule is COC(=O)C(CCCCNC(=O)C1CCC1=O)NC(=O)OC(C)(C)C.NC(CCCCNC(=O)C1CCC1=O)C(=O)O. The fourth-order valence-corrected chi connectivity index (χ4v) is 3.96. The van der Waals surface area contributed by atoms with Crippen LogP contribution in [0.5, 0.6) is 0 Å². The molecule has 4 unspecified atom stereocenters. The number of ketones is 2. The highest BCUT2D eigenvalue weighted by Crippen LogP contribution is 2.22. The summed E-state index contributed by atoms with van der Waals surface area (Å²) in [6, 6.07) is -1.64. The first-order chi connectivity index (χ1) is 19.7. The Kier molecular flexibility index (Phi) is 15.7. The molecule has 0 aromatic carbocycles. The molecule has 14 nitrogen and oxygen atoms in total. The molecule has 2 fully saturated rings. The van der Waals surface area contributed by atoms with Crippen molar-refractivity contribution in [3.05, 3.63) is 0 Å². The van der Waals surface area contributed by atoms with E-state index in [0.29, 0.717) is 77.3 Å². The minimum atomic E-state index is -1.01. The van der Waals surface area contributed by atoms with Gasteiger partial charge in [0.1, 0.15) is 29.3 Å². The zero-order chi connectivity index (χ0) is 31.9. The molecule has 2 saturated carbocycles. The Bertz CT molecular complexity index is 978. The summed E-state index contributed by atoms with van der Waals surface area (Å²) in [4.78, 5) is 79.2. The molecule has 0 aromatic heterocycles. The molecule has 0 saturated heterocycles. The number of hydrogen-bond acceptors (Lipinski definition) is 10. The lowest BCUT2D eigenvalue weighted by Gasteiger charge is -2.23. The van der Waals surface area contributed by atoms with Crippen LogP contribution in [0.25, 0.3) is 0 Å². The zero-order valence-corrected chi connectivity index (χ0v) is 25.0. The van der Waals surface area contributed by atoms with Crippen LogP contribution < -0.4 is 21.7 Å². The van der Waals surface area contributed by atoms with Crippen molar-refractivity contribution in [2.45, 2.75) is 103 Å². The summed E-state index contributed by atoms with van der Waals surface area (Å²) in [7, 11) is 1.25. The van der Waals surface area contributed by atoms with Crippen LogP contribution in [0.3, 0.4) is 0 Å². The van der Waals surface area contributed by atoms with E-state index in [1.807, 2.05) is 0 Å². The van der Waals surface area contributed by atoms with Crippen molar-refractivity contribution in [3.63, 3.8) is 0 Å². The van der Waals surface area contributed by atoms with E-state index in [1.54, 1.807) is 20.8 Å². The maximum atomic E-state index is 11.8. The van der Waals surface area contributed by atoms with Gasteiger partial charge >= 0.3 is 18.0 Å². The van der Waals surface area contributed by atoms with Gasteiger partial charge < -0.3 is 36.3 Å². The van der Waals surface area contributed by atoms with Crippen molar-refractivity contribution in [1.82, 2.24) is 16.0 Å². The predicted molar refractivity (Wildman–Crippen MR) is 150 cm³/mol. The summed E-state index contributed by atoms with van der Waals surface area (Å²) < 4.78 is 9.82. The van der Waals surface area contributed by atoms with E-state index in [9.17, 15) is 33.6 Å². The molecule has 0 heterocycles. The number of unbranched alkanes of at least 4 members (excludes halogenated alkanes) is 2. The fourth-order valence-electron chi connectivity index (χ4n) is 3.96. The van der Waals surface area contributed by atoms with Crippen molar-refractivity contribution in [1.29, 1.82) is 0 Å². The molecule has 0 aliphatic heterocycles. The van der Waals surface area contributed by atoms with Gasteiger partial charge in [0.05, 0.1) is 18.9 Å². The number of carbonyl (C=O) groups is 7. The van der Waals surface area contributed by atoms with Crippen LogP contribution in [-0.4, -0.2) is 84.4 Å². The topological polar surface area (TPSA) is 220 Å². The number of rotatable bonds is 15. The zero-order valence-electron chi connectivity index (χ0n) is 25.0. The number of carbonyl (C=O) groups excluding carboxylic acids is 6. The number of alkyl carbamates (subject to hydrolysis) is 1. The number of ether oxygens (including phenoxy) is 2. The van der Waals surface area contributed by atoms with E-state index >= 15 is 0 Å². The Hall–Kier alpha value is -3.55. The monoisotopic (exact) mass is 598 g/mol. The third-order valence-electron chi connectivity index (χ3n) is 6.72. The Morgan fingerprint density at radius 2 is 1.36 bits per heavy atom. The summed E-state index contributed by atoms with van der Waals surface area (Å²) in [5.74, 6) is -2.92. The molecule has 2 aliphatic rings. The third kappa shape index (κ3) is 13.9. The number of esters is 1. The van der Waals surface area contributed by atoms with Gasteiger partial charge in [-0.25, -0.2) is 9.59 Å². The van der Waals surface area contributed by atoms with Crippen LogP contribution in [0.4, 0.5) is 4.79 Å². The standard InChI is InChI=1S/C17H28N2O6.C11H18N2O4/c1-17(2,3)25-16(23)19-12(15(22)24-4)7-5-6-10-18-14(21)11-8-9-13(11)20;12-8(11(16)17)3-1-2-6-13-10(15)7-4-5-9(7)14/h11-12H,5-10H2,1-4H3,(H,18,21)(H,19,23);7-8H,1-6,12H2,(H,13,15)(H,16,17). The lowest BCUT2D eigenvalue weighted by atomic mass is 9.83. The van der Waals surface area contributed by atoms with Gasteiger partial charge in [0.2, 0.25) is 11.8 Å². The second kappa shape index (κ2) is 18.1. The van der Waals surface area contributed by atoms with Gasteiger partial charge in [-0.3, -0.25) is 24.0 Å². The molecule has 0 aromatic rings. The molecule has 3 amide bonds. The molecular formula is C28H46N4O10. The average Bonchev–Trinajstić information content (AvgIpc) is 2.88. The number of nitrogens with two attached hydrogens (primary N) is 1. The van der Waals surface area contributed by atoms with Crippen LogP contribution in [0.15, 0.2) is 0 Å². The van der Waals surface area contributed by atoms with Gasteiger partial charge in [0, 0.05) is 25.9 Å². The predicted octanol–water partition coefficient (Wildman–Crippen LogP) is 0.982. The summed E-state index contributed by atoms with van der Waals surface area (Å²) >= 11 is 0. The van der Waals surface area contributed by atoms with E-state index in [2.05, 4.69) is 20.7 Å². The summed E-state index contributed by atoms with van der Waals surface area (Å²) in [6.45, 7) is 6.08. The lowest BCUT2D eigenvalue weighted by Crippen LogP contribution is -2.44. The van der Waals surface area contributed by atoms with Crippen molar-refractivity contribution in [2.75, 3.05) is 20.2 Å². The Labute approximate surface area is 246 Å². The normalized spacial score (nSPS) is 19.0. The van der Waals surface area contributed by atoms with Gasteiger partial charge in [-0.15, -0.1) is 0 Å². The third-order valence-corrected chi connectivity index (χ3v) is 6.72. The molecule has 6 N–H and O–H groups in total. The van der Waals surface area contributed by atoms with Crippen LogP contribution in [-0.2, 0) is 38.2 Å². The maximum absolute atomic E-state index is 11.8. The first kappa shape index (κ1) is 36.5. The van der Waals surface area contributed by atoms with Gasteiger partial charge in [0.15, 0.2) is 0 Å². The number of nitrogens with one attached hydrogen (secondary N) is 3. The fraction of sp³-hybridized carbons (Fsp3) is 0.750. The van der Waals surface area contributed by atoms with Gasteiger partial charge in [-0.2, -0.15) is 0 Å². The second-order valence-corrected chi connectivity index (χ2v) is 11.4. The molecule has 0 spiro atoms. The van der Waals surface area contributed by atoms with E-state index in [0.717, 1.165) is 0 Å². The molecule has 2 aliphatic carbocycles. The summed E-state index contributed by atoms with van der Waals surface area (Å²) in [5, 5.41) is 16.4. The highest BCUT2D eigenvalue weighted by Gasteiger charge is 2.35. The van der Waals surface area contributed by atoms with Gasteiger partial charge in [0.25, 0.3) is 0 Å². The average molecular weight is 599 g/mol. The summed E-state index contributed by atoms with van der Waals surface area (Å²) in [6.07, 6.45) is 4.87. The van der Waals surface area contributed by atoms with E-state index in [-0.39, 0.29) is 23.4 Å². The highest BCUT2D eigenvalue weighted by molar-refractivity contribution is 6.05. The van der Waals surface area contributed by atoms with Crippen LogP contribution >= 0.6 is 0 Å². The van der Waals surface area contributed by atoms with Crippen LogP contribution in [0.2, 0.25) is 0 Å². The molecule has 2 rings (SSSR count). The quantitative estimate of drug-likeness (QED) is 0.102. The number of methoxy groups -OCH3 is 1. The molecular weight excluding hydrogens is 552 g/mol. The summed E-state index contributed by atoms with van der Waals surface area (Å²) in [5.41, 5.74) is 4.67. The number of aliphatic carboxylic acids is 1. The van der Waals surface area contributed by atoms with E-state index in [1.165, 1.54) is 7.11 Å². The smallest absolute Gasteiger partial charge is 0.408 e. The number of carboxylic acids is 1. The molecule has 14 heteroatoms. The Balaban J connectivity index is 0.000000452. The molecule has 238 valence electrons. The van der Waals surface area contributed by atoms with Crippen LogP contribution in [0.1, 0.15) is 85.0 Å². The first-order valence-corrected chi connectivity index (χ1v) is 14.3. The second-order valence-electron chi connectivity index (χ2n) is 11.4. The van der Waals surface area contributed by atoms with Crippen molar-refractivity contribution < 1.29 is 48.1 Å². The highest BCUT2D eigenvalue weighted by atomic mass is 16.6. The first-order valence-electron chi connectivity index (χ1n) is 14.3. The molecule has 4 atom stereocenters. The van der Waals surface area contributed by atoms with E-state index in [4.69, 9.17) is 15.6 Å². The Morgan fingerprint density at radius 1 is 0.881 bits per heavy atom. The van der Waals surface area contributed by atoms with E-state index < -0.39 is 47.6 Å². The largest absolute Gasteiger partial charge is 0.480 e. The Morgan fingerprint density at radius 3 is 1.71 bits per heavy atom.